The topological polar surface area (TPSA) is 42.4 Å². The fraction of sp³-hybridized carbons (Fsp3) is 0.375. The van der Waals surface area contributed by atoms with Crippen molar-refractivity contribution in [3.63, 3.8) is 0 Å². The third kappa shape index (κ3) is 3.49. The maximum atomic E-state index is 12.2. The molecule has 0 amide bonds. The molecule has 1 fully saturated rings. The molecule has 1 saturated heterocycles. The number of carbonyl (C=O) groups is 1. The maximum Gasteiger partial charge on any atom is 0.185 e. The lowest BCUT2D eigenvalue weighted by Crippen LogP contribution is -2.41. The second-order valence-electron chi connectivity index (χ2n) is 5.21. The van der Waals surface area contributed by atoms with Gasteiger partial charge in [-0.25, -0.2) is 4.98 Å². The number of hydrogen-bond acceptors (Lipinski definition) is 5. The Morgan fingerprint density at radius 3 is 3.00 bits per heavy atom. The number of nitrogens with zero attached hydrogens (tertiary/aromatic N) is 2. The Balaban J connectivity index is 1.66. The minimum Gasteiger partial charge on any atom is -0.375 e. The largest absolute Gasteiger partial charge is 0.375 e. The van der Waals surface area contributed by atoms with Gasteiger partial charge in [0.1, 0.15) is 0 Å². The van der Waals surface area contributed by atoms with Gasteiger partial charge in [0.15, 0.2) is 10.9 Å². The molecule has 1 unspecified atom stereocenters. The van der Waals surface area contributed by atoms with E-state index in [4.69, 9.17) is 4.74 Å². The molecule has 0 aliphatic carbocycles. The molecule has 1 aromatic heterocycles. The van der Waals surface area contributed by atoms with E-state index in [0.717, 1.165) is 36.1 Å². The van der Waals surface area contributed by atoms with Crippen LogP contribution in [0, 0.1) is 0 Å². The van der Waals surface area contributed by atoms with Gasteiger partial charge in [-0.05, 0) is 6.92 Å². The molecule has 0 bridgehead atoms. The summed E-state index contributed by atoms with van der Waals surface area (Å²) < 4.78 is 5.54. The molecule has 0 radical (unpaired) electrons. The van der Waals surface area contributed by atoms with Crippen LogP contribution in [0.25, 0.3) is 0 Å². The Morgan fingerprint density at radius 2 is 2.24 bits per heavy atom. The summed E-state index contributed by atoms with van der Waals surface area (Å²) in [7, 11) is 0. The SMILES string of the molecule is CC1CN(c2nc(CC(=O)c3ccccc3)cs2)CCO1. The lowest BCUT2D eigenvalue weighted by atomic mass is 10.1. The first-order chi connectivity index (χ1) is 10.2. The number of ether oxygens (including phenoxy) is 1. The summed E-state index contributed by atoms with van der Waals surface area (Å²) in [6.07, 6.45) is 0.595. The van der Waals surface area contributed by atoms with Crippen molar-refractivity contribution >= 4 is 22.3 Å². The van der Waals surface area contributed by atoms with Gasteiger partial charge in [0, 0.05) is 24.0 Å². The Bertz CT molecular complexity index is 612. The van der Waals surface area contributed by atoms with Crippen LogP contribution in [0.3, 0.4) is 0 Å². The molecular weight excluding hydrogens is 284 g/mol. The first-order valence-electron chi connectivity index (χ1n) is 7.11. The minimum absolute atomic E-state index is 0.114. The van der Waals surface area contributed by atoms with E-state index in [1.54, 1.807) is 11.3 Å². The van der Waals surface area contributed by atoms with Crippen LogP contribution in [0.2, 0.25) is 0 Å². The van der Waals surface area contributed by atoms with Crippen molar-refractivity contribution in [3.05, 3.63) is 47.0 Å². The van der Waals surface area contributed by atoms with E-state index in [1.807, 2.05) is 35.7 Å². The molecule has 21 heavy (non-hydrogen) atoms. The number of ketones is 1. The second-order valence-corrected chi connectivity index (χ2v) is 6.05. The van der Waals surface area contributed by atoms with Gasteiger partial charge < -0.3 is 9.64 Å². The molecule has 0 spiro atoms. The fourth-order valence-electron chi connectivity index (χ4n) is 2.41. The van der Waals surface area contributed by atoms with E-state index in [9.17, 15) is 4.79 Å². The standard InChI is InChI=1S/C16H18N2O2S/c1-12-10-18(7-8-20-12)16-17-14(11-21-16)9-15(19)13-5-3-2-4-6-13/h2-6,11-12H,7-10H2,1H3. The summed E-state index contributed by atoms with van der Waals surface area (Å²) in [6.45, 7) is 4.53. The zero-order chi connectivity index (χ0) is 14.7. The van der Waals surface area contributed by atoms with Crippen molar-refractivity contribution < 1.29 is 9.53 Å². The number of anilines is 1. The molecule has 3 rings (SSSR count). The van der Waals surface area contributed by atoms with Gasteiger partial charge in [-0.3, -0.25) is 4.79 Å². The number of rotatable bonds is 4. The monoisotopic (exact) mass is 302 g/mol. The summed E-state index contributed by atoms with van der Waals surface area (Å²) in [6, 6.07) is 9.37. The van der Waals surface area contributed by atoms with Gasteiger partial charge in [-0.2, -0.15) is 0 Å². The molecule has 1 aliphatic heterocycles. The summed E-state index contributed by atoms with van der Waals surface area (Å²) in [5.74, 6) is 0.114. The first-order valence-corrected chi connectivity index (χ1v) is 7.99. The van der Waals surface area contributed by atoms with Crippen LogP contribution in [0.15, 0.2) is 35.7 Å². The number of Topliss-reactive ketones (excluding diaryl/α,β-unsaturated/α-hetero) is 1. The molecule has 2 aromatic rings. The second kappa shape index (κ2) is 6.37. The van der Waals surface area contributed by atoms with Crippen LogP contribution in [0.5, 0.6) is 0 Å². The van der Waals surface area contributed by atoms with E-state index in [-0.39, 0.29) is 11.9 Å². The highest BCUT2D eigenvalue weighted by Crippen LogP contribution is 2.23. The van der Waals surface area contributed by atoms with E-state index in [1.165, 1.54) is 0 Å². The van der Waals surface area contributed by atoms with Gasteiger partial charge >= 0.3 is 0 Å². The molecule has 5 heteroatoms. The number of aromatic nitrogens is 1. The lowest BCUT2D eigenvalue weighted by Gasteiger charge is -2.30. The Kier molecular flexibility index (Phi) is 4.31. The van der Waals surface area contributed by atoms with Crippen molar-refractivity contribution in [2.75, 3.05) is 24.6 Å². The predicted molar refractivity (Wildman–Crippen MR) is 84.2 cm³/mol. The van der Waals surface area contributed by atoms with Crippen LogP contribution < -0.4 is 4.90 Å². The van der Waals surface area contributed by atoms with E-state index in [0.29, 0.717) is 6.42 Å². The van der Waals surface area contributed by atoms with Crippen LogP contribution in [0.4, 0.5) is 5.13 Å². The normalized spacial score (nSPS) is 18.7. The molecule has 0 N–H and O–H groups in total. The molecule has 1 aromatic carbocycles. The highest BCUT2D eigenvalue weighted by Gasteiger charge is 2.20. The Hall–Kier alpha value is -1.72. The third-order valence-corrected chi connectivity index (χ3v) is 4.44. The highest BCUT2D eigenvalue weighted by atomic mass is 32.1. The lowest BCUT2D eigenvalue weighted by molar-refractivity contribution is 0.0532. The predicted octanol–water partition coefficient (Wildman–Crippen LogP) is 2.79. The molecule has 110 valence electrons. The van der Waals surface area contributed by atoms with E-state index >= 15 is 0 Å². The Labute approximate surface area is 128 Å². The van der Waals surface area contributed by atoms with Crippen molar-refractivity contribution in [1.82, 2.24) is 4.98 Å². The van der Waals surface area contributed by atoms with Gasteiger partial charge in [-0.15, -0.1) is 11.3 Å². The quantitative estimate of drug-likeness (QED) is 0.815. The zero-order valence-electron chi connectivity index (χ0n) is 12.0. The van der Waals surface area contributed by atoms with Crippen molar-refractivity contribution in [2.45, 2.75) is 19.4 Å². The molecule has 1 atom stereocenters. The zero-order valence-corrected chi connectivity index (χ0v) is 12.8. The van der Waals surface area contributed by atoms with Crippen LogP contribution in [-0.2, 0) is 11.2 Å². The minimum atomic E-state index is 0.114. The third-order valence-electron chi connectivity index (χ3n) is 3.49. The average Bonchev–Trinajstić information content (AvgIpc) is 2.97. The number of morpholine rings is 1. The van der Waals surface area contributed by atoms with Gasteiger partial charge in [0.2, 0.25) is 0 Å². The van der Waals surface area contributed by atoms with Crippen LogP contribution >= 0.6 is 11.3 Å². The molecule has 2 heterocycles. The van der Waals surface area contributed by atoms with Crippen molar-refractivity contribution in [1.29, 1.82) is 0 Å². The summed E-state index contributed by atoms with van der Waals surface area (Å²) in [5, 5.41) is 2.97. The molecule has 0 saturated carbocycles. The molecular formula is C16H18N2O2S. The van der Waals surface area contributed by atoms with Gasteiger partial charge in [0.25, 0.3) is 0 Å². The van der Waals surface area contributed by atoms with Crippen molar-refractivity contribution in [3.8, 4) is 0 Å². The Morgan fingerprint density at radius 1 is 1.43 bits per heavy atom. The van der Waals surface area contributed by atoms with E-state index in [2.05, 4.69) is 16.8 Å². The van der Waals surface area contributed by atoms with Crippen molar-refractivity contribution in [2.24, 2.45) is 0 Å². The summed E-state index contributed by atoms with van der Waals surface area (Å²) in [5.41, 5.74) is 1.59. The van der Waals surface area contributed by atoms with Gasteiger partial charge in [-0.1, -0.05) is 30.3 Å². The number of benzene rings is 1. The molecule has 1 aliphatic rings. The van der Waals surface area contributed by atoms with Crippen LogP contribution in [-0.4, -0.2) is 36.6 Å². The molecule has 4 nitrogen and oxygen atoms in total. The first kappa shape index (κ1) is 14.2. The number of thiazole rings is 1. The maximum absolute atomic E-state index is 12.2. The fourth-order valence-corrected chi connectivity index (χ4v) is 3.27. The average molecular weight is 302 g/mol. The summed E-state index contributed by atoms with van der Waals surface area (Å²) in [4.78, 5) is 19.0. The smallest absolute Gasteiger partial charge is 0.185 e. The summed E-state index contributed by atoms with van der Waals surface area (Å²) >= 11 is 1.60. The number of hydrogen-bond donors (Lipinski definition) is 0. The van der Waals surface area contributed by atoms with Crippen LogP contribution in [0.1, 0.15) is 23.0 Å². The van der Waals surface area contributed by atoms with Gasteiger partial charge in [0.05, 0.1) is 24.8 Å². The number of carbonyl (C=O) groups excluding carboxylic acids is 1. The highest BCUT2D eigenvalue weighted by molar-refractivity contribution is 7.13. The van der Waals surface area contributed by atoms with E-state index < -0.39 is 0 Å².